The molecule has 0 aliphatic rings. The maximum atomic E-state index is 11.4. The van der Waals surface area contributed by atoms with Crippen LogP contribution in [0.2, 0.25) is 0 Å². The Labute approximate surface area is 111 Å². The fourth-order valence-electron chi connectivity index (χ4n) is 1.32. The number of hydrogen-bond acceptors (Lipinski definition) is 5. The van der Waals surface area contributed by atoms with E-state index in [0.29, 0.717) is 24.4 Å². The molecule has 0 aliphatic carbocycles. The molecular weight excluding hydrogens is 248 g/mol. The second kappa shape index (κ2) is 8.84. The van der Waals surface area contributed by atoms with E-state index in [2.05, 4.69) is 16.0 Å². The van der Waals surface area contributed by atoms with Gasteiger partial charge in [-0.15, -0.1) is 0 Å². The molecular formula is C11H18N6O2. The molecule has 1 aromatic rings. The van der Waals surface area contributed by atoms with Gasteiger partial charge in [0.1, 0.15) is 6.54 Å². The number of nitrogens with two attached hydrogens (primary N) is 1. The first kappa shape index (κ1) is 14.9. The Morgan fingerprint density at radius 1 is 1.37 bits per heavy atom. The first-order valence-electron chi connectivity index (χ1n) is 5.88. The third-order valence-electron chi connectivity index (χ3n) is 2.21. The number of azo groups is 1. The van der Waals surface area contributed by atoms with Crippen molar-refractivity contribution in [3.63, 3.8) is 0 Å². The third kappa shape index (κ3) is 6.96. The summed E-state index contributed by atoms with van der Waals surface area (Å²) in [5, 5.41) is 15.3. The van der Waals surface area contributed by atoms with Crippen molar-refractivity contribution in [1.82, 2.24) is 16.3 Å². The van der Waals surface area contributed by atoms with Crippen LogP contribution in [0.3, 0.4) is 0 Å². The number of hydroxylamine groups is 1. The highest BCUT2D eigenvalue weighted by Crippen LogP contribution is 2.00. The van der Waals surface area contributed by atoms with Gasteiger partial charge >= 0.3 is 6.03 Å². The highest BCUT2D eigenvalue weighted by molar-refractivity contribution is 5.72. The van der Waals surface area contributed by atoms with Gasteiger partial charge in [-0.25, -0.2) is 16.1 Å². The normalized spacial score (nSPS) is 11.1. The zero-order valence-electron chi connectivity index (χ0n) is 10.5. The van der Waals surface area contributed by atoms with Crippen molar-refractivity contribution in [2.24, 2.45) is 11.0 Å². The van der Waals surface area contributed by atoms with Crippen LogP contribution in [0.5, 0.6) is 0 Å². The van der Waals surface area contributed by atoms with Crippen LogP contribution in [0.1, 0.15) is 12.0 Å². The molecule has 0 bridgehead atoms. The summed E-state index contributed by atoms with van der Waals surface area (Å²) in [6.45, 7) is 1.12. The molecule has 8 nitrogen and oxygen atoms in total. The number of amides is 2. The number of rotatable bonds is 7. The monoisotopic (exact) mass is 266 g/mol. The van der Waals surface area contributed by atoms with Crippen LogP contribution < -0.4 is 22.1 Å². The highest BCUT2D eigenvalue weighted by Gasteiger charge is 1.99. The lowest BCUT2D eigenvalue weighted by Gasteiger charge is -2.04. The second-order valence-electron chi connectivity index (χ2n) is 3.74. The standard InChI is InChI=1S/C11H18N6O2/c12-15-11(18)16-13-7-4-8-14-17(19)9-10-5-2-1-3-6-10/h1-3,5-6,13H,4,7-9,12H2,(H2,15,16,18). The third-order valence-corrected chi connectivity index (χ3v) is 2.21. The molecule has 0 spiro atoms. The van der Waals surface area contributed by atoms with Gasteiger partial charge in [-0.3, -0.25) is 10.9 Å². The van der Waals surface area contributed by atoms with E-state index < -0.39 is 6.03 Å². The van der Waals surface area contributed by atoms with E-state index in [1.54, 1.807) is 0 Å². The summed E-state index contributed by atoms with van der Waals surface area (Å²) in [6, 6.07) is 8.87. The summed E-state index contributed by atoms with van der Waals surface area (Å²) < 4.78 is 0. The van der Waals surface area contributed by atoms with E-state index in [-0.39, 0.29) is 6.54 Å². The average Bonchev–Trinajstić information content (AvgIpc) is 2.43. The Hall–Kier alpha value is -2.19. The Kier molecular flexibility index (Phi) is 6.92. The molecule has 0 aliphatic heterocycles. The number of carbonyl (C=O) groups is 1. The van der Waals surface area contributed by atoms with Crippen molar-refractivity contribution in [2.45, 2.75) is 13.0 Å². The molecule has 0 heterocycles. The van der Waals surface area contributed by atoms with Gasteiger partial charge < -0.3 is 5.21 Å². The average molecular weight is 266 g/mol. The van der Waals surface area contributed by atoms with Gasteiger partial charge in [-0.05, 0) is 11.5 Å². The molecule has 5 N–H and O–H groups in total. The predicted molar refractivity (Wildman–Crippen MR) is 69.5 cm³/mol. The minimum Gasteiger partial charge on any atom is -0.600 e. The molecule has 0 saturated heterocycles. The van der Waals surface area contributed by atoms with Crippen molar-refractivity contribution in [3.05, 3.63) is 41.1 Å². The summed E-state index contributed by atoms with van der Waals surface area (Å²) in [7, 11) is 0. The smallest absolute Gasteiger partial charge is 0.343 e. The first-order chi connectivity index (χ1) is 9.22. The fraction of sp³-hybridized carbons (Fsp3) is 0.364. The zero-order chi connectivity index (χ0) is 13.9. The quantitative estimate of drug-likeness (QED) is 0.141. The van der Waals surface area contributed by atoms with Gasteiger partial charge in [0.2, 0.25) is 6.54 Å². The highest BCUT2D eigenvalue weighted by atomic mass is 16.5. The van der Waals surface area contributed by atoms with Crippen molar-refractivity contribution < 1.29 is 9.66 Å². The van der Waals surface area contributed by atoms with Gasteiger partial charge in [-0.1, -0.05) is 35.2 Å². The van der Waals surface area contributed by atoms with Crippen molar-refractivity contribution in [2.75, 3.05) is 13.1 Å². The minimum absolute atomic E-state index is 0.238. The number of hydrazine groups is 2. The van der Waals surface area contributed by atoms with Crippen LogP contribution in [-0.2, 0) is 6.54 Å². The lowest BCUT2D eigenvalue weighted by molar-refractivity contribution is -0.546. The molecule has 0 atom stereocenters. The number of nitrogens with one attached hydrogen (secondary N) is 3. The molecule has 2 amide bonds. The largest absolute Gasteiger partial charge is 0.600 e. The Balaban J connectivity index is 2.13. The SMILES string of the molecule is NNC(=O)NNCCCN=[N+]([O-])Cc1ccccc1. The van der Waals surface area contributed by atoms with Crippen LogP contribution in [0, 0.1) is 5.21 Å². The van der Waals surface area contributed by atoms with E-state index in [9.17, 15) is 10.0 Å². The van der Waals surface area contributed by atoms with E-state index in [0.717, 1.165) is 5.56 Å². The predicted octanol–water partition coefficient (Wildman–Crippen LogP) is 0.217. The maximum absolute atomic E-state index is 11.4. The Morgan fingerprint density at radius 2 is 2.11 bits per heavy atom. The van der Waals surface area contributed by atoms with E-state index >= 15 is 0 Å². The zero-order valence-corrected chi connectivity index (χ0v) is 10.5. The molecule has 104 valence electrons. The molecule has 0 unspecified atom stereocenters. The lowest BCUT2D eigenvalue weighted by Crippen LogP contribution is -2.47. The number of carbonyl (C=O) groups excluding carboxylic acids is 1. The topological polar surface area (TPSA) is 118 Å². The van der Waals surface area contributed by atoms with Crippen LogP contribution in [-0.4, -0.2) is 24.0 Å². The van der Waals surface area contributed by atoms with Gasteiger partial charge in [0.15, 0.2) is 0 Å². The minimum atomic E-state index is -0.522. The van der Waals surface area contributed by atoms with Crippen LogP contribution in [0.15, 0.2) is 35.4 Å². The van der Waals surface area contributed by atoms with Crippen molar-refractivity contribution >= 4 is 6.03 Å². The maximum Gasteiger partial charge on any atom is 0.343 e. The molecule has 0 aromatic heterocycles. The second-order valence-corrected chi connectivity index (χ2v) is 3.74. The summed E-state index contributed by atoms with van der Waals surface area (Å²) in [5.41, 5.74) is 7.76. The van der Waals surface area contributed by atoms with Gasteiger partial charge in [-0.2, -0.15) is 0 Å². The lowest BCUT2D eigenvalue weighted by atomic mass is 10.2. The van der Waals surface area contributed by atoms with Gasteiger partial charge in [0, 0.05) is 12.1 Å². The van der Waals surface area contributed by atoms with Gasteiger partial charge in [0.25, 0.3) is 0 Å². The Bertz CT molecular complexity index is 409. The van der Waals surface area contributed by atoms with E-state index in [1.807, 2.05) is 35.8 Å². The number of nitrogens with zero attached hydrogens (tertiary/aromatic N) is 2. The van der Waals surface area contributed by atoms with Crippen LogP contribution in [0.25, 0.3) is 0 Å². The van der Waals surface area contributed by atoms with Crippen molar-refractivity contribution in [3.8, 4) is 0 Å². The molecule has 19 heavy (non-hydrogen) atoms. The fourth-order valence-corrected chi connectivity index (χ4v) is 1.32. The number of hydrogen-bond donors (Lipinski definition) is 4. The number of benzene rings is 1. The van der Waals surface area contributed by atoms with Gasteiger partial charge in [0.05, 0.1) is 0 Å². The summed E-state index contributed by atoms with van der Waals surface area (Å²) in [5.74, 6) is 4.86. The molecule has 0 fully saturated rings. The molecule has 1 rings (SSSR count). The summed E-state index contributed by atoms with van der Waals surface area (Å²) in [6.07, 6.45) is 0.623. The van der Waals surface area contributed by atoms with E-state index in [4.69, 9.17) is 5.84 Å². The van der Waals surface area contributed by atoms with Crippen molar-refractivity contribution in [1.29, 1.82) is 0 Å². The Morgan fingerprint density at radius 3 is 2.79 bits per heavy atom. The summed E-state index contributed by atoms with van der Waals surface area (Å²) in [4.78, 5) is 11.3. The van der Waals surface area contributed by atoms with Crippen LogP contribution in [0.4, 0.5) is 4.79 Å². The summed E-state index contributed by atoms with van der Waals surface area (Å²) >= 11 is 0. The molecule has 0 radical (unpaired) electrons. The molecule has 0 saturated carbocycles. The number of urea groups is 1. The van der Waals surface area contributed by atoms with E-state index in [1.165, 1.54) is 0 Å². The first-order valence-corrected chi connectivity index (χ1v) is 5.88. The molecule has 8 heteroatoms. The van der Waals surface area contributed by atoms with Crippen LogP contribution >= 0.6 is 0 Å². The molecule has 1 aromatic carbocycles.